The van der Waals surface area contributed by atoms with Crippen molar-refractivity contribution < 1.29 is 0 Å². The van der Waals surface area contributed by atoms with Crippen molar-refractivity contribution in [1.29, 1.82) is 0 Å². The Morgan fingerprint density at radius 2 is 2.20 bits per heavy atom. The highest BCUT2D eigenvalue weighted by Gasteiger charge is 2.27. The van der Waals surface area contributed by atoms with Crippen molar-refractivity contribution in [2.75, 3.05) is 6.54 Å². The Kier molecular flexibility index (Phi) is 4.03. The molecule has 126 valence electrons. The van der Waals surface area contributed by atoms with E-state index >= 15 is 0 Å². The molecule has 3 aromatic rings. The third-order valence-electron chi connectivity index (χ3n) is 5.14. The van der Waals surface area contributed by atoms with E-state index in [4.69, 9.17) is 6.42 Å². The first kappa shape index (κ1) is 15.9. The van der Waals surface area contributed by atoms with Crippen LogP contribution in [0.3, 0.4) is 0 Å². The molecule has 0 spiro atoms. The Labute approximate surface area is 148 Å². The molecule has 0 amide bonds. The zero-order valence-electron chi connectivity index (χ0n) is 14.7. The maximum absolute atomic E-state index is 5.67. The molecule has 1 atom stereocenters. The number of hydrogen-bond acceptors (Lipinski definition) is 3. The molecule has 4 nitrogen and oxygen atoms in total. The summed E-state index contributed by atoms with van der Waals surface area (Å²) in [5, 5.41) is 5.58. The van der Waals surface area contributed by atoms with Gasteiger partial charge in [0.15, 0.2) is 5.65 Å². The lowest BCUT2D eigenvalue weighted by atomic mass is 10.1. The fourth-order valence-corrected chi connectivity index (χ4v) is 3.98. The summed E-state index contributed by atoms with van der Waals surface area (Å²) in [7, 11) is 1.93. The molecule has 0 saturated heterocycles. The van der Waals surface area contributed by atoms with Crippen LogP contribution in [0.1, 0.15) is 34.8 Å². The van der Waals surface area contributed by atoms with Gasteiger partial charge in [-0.25, -0.2) is 4.98 Å². The van der Waals surface area contributed by atoms with Crippen LogP contribution < -0.4 is 0 Å². The largest absolute Gasteiger partial charge is 0.281 e. The van der Waals surface area contributed by atoms with Gasteiger partial charge in [-0.3, -0.25) is 9.58 Å². The number of terminal acetylenes is 1. The Morgan fingerprint density at radius 1 is 1.36 bits per heavy atom. The van der Waals surface area contributed by atoms with Gasteiger partial charge < -0.3 is 0 Å². The first-order chi connectivity index (χ1) is 12.2. The van der Waals surface area contributed by atoms with Crippen LogP contribution in [0, 0.1) is 19.3 Å². The Hall–Kier alpha value is -2.64. The standard InChI is InChI=1S/C21H22N4/c1-4-11-25(20-10-9-17-7-5-6-8-18(17)20)14-16-12-19-15(2)23-24(3)21(19)22-13-16/h1,5-8,12-13,20H,9-11,14H2,2-3H3. The summed E-state index contributed by atoms with van der Waals surface area (Å²) < 4.78 is 1.83. The minimum absolute atomic E-state index is 0.387. The fourth-order valence-electron chi connectivity index (χ4n) is 3.98. The normalized spacial score (nSPS) is 16.3. The van der Waals surface area contributed by atoms with Crippen LogP contribution in [0.2, 0.25) is 0 Å². The van der Waals surface area contributed by atoms with E-state index in [0.29, 0.717) is 12.6 Å². The predicted molar refractivity (Wildman–Crippen MR) is 100.0 cm³/mol. The highest BCUT2D eigenvalue weighted by Crippen LogP contribution is 2.36. The van der Waals surface area contributed by atoms with Crippen molar-refractivity contribution in [3.8, 4) is 12.3 Å². The molecule has 0 radical (unpaired) electrons. The zero-order chi connectivity index (χ0) is 17.4. The first-order valence-corrected chi connectivity index (χ1v) is 8.71. The maximum Gasteiger partial charge on any atom is 0.157 e. The molecule has 0 bridgehead atoms. The molecule has 1 aromatic carbocycles. The Bertz CT molecular complexity index is 964. The van der Waals surface area contributed by atoms with E-state index in [-0.39, 0.29) is 0 Å². The molecular weight excluding hydrogens is 308 g/mol. The van der Waals surface area contributed by atoms with Gasteiger partial charge in [-0.1, -0.05) is 30.2 Å². The minimum atomic E-state index is 0.387. The van der Waals surface area contributed by atoms with Crippen LogP contribution in [-0.2, 0) is 20.0 Å². The average molecular weight is 330 g/mol. The third kappa shape index (κ3) is 2.81. The summed E-state index contributed by atoms with van der Waals surface area (Å²) in [5.41, 5.74) is 6.00. The lowest BCUT2D eigenvalue weighted by Crippen LogP contribution is -2.27. The van der Waals surface area contributed by atoms with Crippen molar-refractivity contribution in [1.82, 2.24) is 19.7 Å². The molecular formula is C21H22N4. The summed E-state index contributed by atoms with van der Waals surface area (Å²) >= 11 is 0. The molecule has 1 aliphatic rings. The second kappa shape index (κ2) is 6.34. The monoisotopic (exact) mass is 330 g/mol. The van der Waals surface area contributed by atoms with Crippen molar-refractivity contribution in [3.63, 3.8) is 0 Å². The van der Waals surface area contributed by atoms with E-state index in [1.807, 2.05) is 24.9 Å². The van der Waals surface area contributed by atoms with Crippen LogP contribution >= 0.6 is 0 Å². The number of hydrogen-bond donors (Lipinski definition) is 0. The summed E-state index contributed by atoms with van der Waals surface area (Å²) in [5.74, 6) is 2.84. The summed E-state index contributed by atoms with van der Waals surface area (Å²) in [6, 6.07) is 11.3. The molecule has 0 N–H and O–H groups in total. The summed E-state index contributed by atoms with van der Waals surface area (Å²) in [4.78, 5) is 7.00. The maximum atomic E-state index is 5.67. The van der Waals surface area contributed by atoms with Crippen molar-refractivity contribution in [2.45, 2.75) is 32.4 Å². The molecule has 1 aliphatic carbocycles. The first-order valence-electron chi connectivity index (χ1n) is 8.71. The smallest absolute Gasteiger partial charge is 0.157 e. The van der Waals surface area contributed by atoms with Crippen LogP contribution in [-0.4, -0.2) is 26.2 Å². The van der Waals surface area contributed by atoms with Gasteiger partial charge in [0, 0.05) is 31.2 Å². The van der Waals surface area contributed by atoms with Gasteiger partial charge in [-0.15, -0.1) is 6.42 Å². The SMILES string of the molecule is C#CCN(Cc1cnc2c(c1)c(C)nn2C)C1CCc2ccccc21. The van der Waals surface area contributed by atoms with Gasteiger partial charge in [0.2, 0.25) is 0 Å². The van der Waals surface area contributed by atoms with E-state index in [2.05, 4.69) is 51.2 Å². The highest BCUT2D eigenvalue weighted by atomic mass is 15.3. The van der Waals surface area contributed by atoms with Gasteiger partial charge >= 0.3 is 0 Å². The van der Waals surface area contributed by atoms with Gasteiger partial charge in [-0.05, 0) is 42.5 Å². The number of aromatic nitrogens is 3. The molecule has 0 aliphatic heterocycles. The van der Waals surface area contributed by atoms with Gasteiger partial charge in [0.05, 0.1) is 12.2 Å². The fraction of sp³-hybridized carbons (Fsp3) is 0.333. The van der Waals surface area contributed by atoms with Crippen molar-refractivity contribution >= 4 is 11.0 Å². The number of aryl methyl sites for hydroxylation is 3. The number of pyridine rings is 1. The lowest BCUT2D eigenvalue weighted by Gasteiger charge is -2.27. The van der Waals surface area contributed by atoms with Crippen LogP contribution in [0.15, 0.2) is 36.5 Å². The molecule has 0 fully saturated rings. The number of rotatable bonds is 4. The molecule has 2 heterocycles. The predicted octanol–water partition coefficient (Wildman–Crippen LogP) is 3.40. The second-order valence-corrected chi connectivity index (χ2v) is 6.79. The van der Waals surface area contributed by atoms with E-state index in [1.54, 1.807) is 0 Å². The van der Waals surface area contributed by atoms with Crippen LogP contribution in [0.4, 0.5) is 0 Å². The Balaban J connectivity index is 1.65. The summed E-state index contributed by atoms with van der Waals surface area (Å²) in [6.07, 6.45) is 9.87. The van der Waals surface area contributed by atoms with Crippen molar-refractivity contribution in [3.05, 3.63) is 58.9 Å². The van der Waals surface area contributed by atoms with E-state index in [1.165, 1.54) is 16.7 Å². The molecule has 0 saturated carbocycles. The van der Waals surface area contributed by atoms with Gasteiger partial charge in [0.1, 0.15) is 0 Å². The van der Waals surface area contributed by atoms with Gasteiger partial charge in [0.25, 0.3) is 0 Å². The van der Waals surface area contributed by atoms with E-state index < -0.39 is 0 Å². The van der Waals surface area contributed by atoms with E-state index in [9.17, 15) is 0 Å². The van der Waals surface area contributed by atoms with Crippen LogP contribution in [0.5, 0.6) is 0 Å². The second-order valence-electron chi connectivity index (χ2n) is 6.79. The Morgan fingerprint density at radius 3 is 3.04 bits per heavy atom. The minimum Gasteiger partial charge on any atom is -0.281 e. The number of nitrogens with zero attached hydrogens (tertiary/aromatic N) is 4. The zero-order valence-corrected chi connectivity index (χ0v) is 14.7. The number of fused-ring (bicyclic) bond motifs is 2. The summed E-state index contributed by atoms with van der Waals surface area (Å²) in [6.45, 7) is 3.48. The molecule has 4 rings (SSSR count). The third-order valence-corrected chi connectivity index (χ3v) is 5.14. The van der Waals surface area contributed by atoms with E-state index in [0.717, 1.165) is 36.1 Å². The van der Waals surface area contributed by atoms with Crippen LogP contribution in [0.25, 0.3) is 11.0 Å². The molecule has 4 heteroatoms. The molecule has 2 aromatic heterocycles. The lowest BCUT2D eigenvalue weighted by molar-refractivity contribution is 0.213. The molecule has 25 heavy (non-hydrogen) atoms. The van der Waals surface area contributed by atoms with Gasteiger partial charge in [-0.2, -0.15) is 5.10 Å². The number of benzene rings is 1. The molecule has 1 unspecified atom stereocenters. The van der Waals surface area contributed by atoms with Crippen molar-refractivity contribution in [2.24, 2.45) is 7.05 Å². The topological polar surface area (TPSA) is 34.0 Å². The average Bonchev–Trinajstić information content (AvgIpc) is 3.16. The quantitative estimate of drug-likeness (QED) is 0.688. The highest BCUT2D eigenvalue weighted by molar-refractivity contribution is 5.78.